The second kappa shape index (κ2) is 4.10. The highest BCUT2D eigenvalue weighted by molar-refractivity contribution is 5.44. The van der Waals surface area contributed by atoms with E-state index in [1.807, 2.05) is 6.92 Å². The van der Waals surface area contributed by atoms with E-state index in [1.54, 1.807) is 0 Å². The normalized spacial score (nSPS) is 9.92. The lowest BCUT2D eigenvalue weighted by molar-refractivity contribution is 1.05. The minimum atomic E-state index is 0.934. The van der Waals surface area contributed by atoms with Crippen LogP contribution < -0.4 is 5.32 Å². The predicted molar refractivity (Wildman–Crippen MR) is 52.5 cm³/mol. The van der Waals surface area contributed by atoms with E-state index in [9.17, 15) is 0 Å². The topological polar surface area (TPSA) is 24.9 Å². The second-order valence-corrected chi connectivity index (χ2v) is 2.84. The van der Waals surface area contributed by atoms with Crippen LogP contribution in [0.2, 0.25) is 0 Å². The maximum Gasteiger partial charge on any atom is 0.129 e. The molecule has 1 N–H and O–H groups in total. The van der Waals surface area contributed by atoms with Crippen LogP contribution in [0.3, 0.4) is 0 Å². The van der Waals surface area contributed by atoms with Crippen molar-refractivity contribution < 1.29 is 0 Å². The lowest BCUT2D eigenvalue weighted by Gasteiger charge is -2.08. The summed E-state index contributed by atoms with van der Waals surface area (Å²) in [5.74, 6) is 1.04. The van der Waals surface area contributed by atoms with Crippen molar-refractivity contribution in [2.24, 2.45) is 0 Å². The van der Waals surface area contributed by atoms with Gasteiger partial charge in [-0.25, -0.2) is 4.98 Å². The van der Waals surface area contributed by atoms with Gasteiger partial charge in [-0.2, -0.15) is 0 Å². The van der Waals surface area contributed by atoms with Crippen molar-refractivity contribution in [2.75, 3.05) is 11.9 Å². The fraction of sp³-hybridized carbons (Fsp3) is 0.500. The van der Waals surface area contributed by atoms with Gasteiger partial charge in [-0.05, 0) is 31.9 Å². The summed E-state index contributed by atoms with van der Waals surface area (Å²) in [4.78, 5) is 4.42. The zero-order chi connectivity index (χ0) is 8.97. The first-order valence-electron chi connectivity index (χ1n) is 4.48. The molecule has 0 fully saturated rings. The largest absolute Gasteiger partial charge is 0.370 e. The number of aryl methyl sites for hydroxylation is 2. The Bertz CT molecular complexity index is 256. The van der Waals surface area contributed by atoms with Crippen LogP contribution in [0.4, 0.5) is 5.82 Å². The number of nitrogens with zero attached hydrogens (tertiary/aromatic N) is 1. The van der Waals surface area contributed by atoms with E-state index in [4.69, 9.17) is 0 Å². The molecule has 0 aliphatic heterocycles. The molecular formula is C10H16N2. The minimum Gasteiger partial charge on any atom is -0.370 e. The molecule has 0 spiro atoms. The van der Waals surface area contributed by atoms with E-state index in [2.05, 4.69) is 36.3 Å². The van der Waals surface area contributed by atoms with Gasteiger partial charge in [-0.3, -0.25) is 0 Å². The molecule has 0 radical (unpaired) electrons. The number of aromatic nitrogens is 1. The summed E-state index contributed by atoms with van der Waals surface area (Å²) in [5.41, 5.74) is 2.37. The highest BCUT2D eigenvalue weighted by Crippen LogP contribution is 2.13. The van der Waals surface area contributed by atoms with Gasteiger partial charge in [0.1, 0.15) is 5.82 Å². The monoisotopic (exact) mass is 164 g/mol. The molecule has 1 aromatic rings. The van der Waals surface area contributed by atoms with E-state index in [0.717, 1.165) is 24.5 Å². The standard InChI is InChI=1S/C10H16N2/c1-4-9-7-6-8(3)12-10(9)11-5-2/h6-7H,4-5H2,1-3H3,(H,11,12). The van der Waals surface area contributed by atoms with Crippen molar-refractivity contribution in [2.45, 2.75) is 27.2 Å². The van der Waals surface area contributed by atoms with Crippen LogP contribution >= 0.6 is 0 Å². The highest BCUT2D eigenvalue weighted by atomic mass is 15.0. The lowest BCUT2D eigenvalue weighted by atomic mass is 10.2. The Morgan fingerprint density at radius 2 is 2.08 bits per heavy atom. The quantitative estimate of drug-likeness (QED) is 0.742. The molecule has 0 saturated carbocycles. The predicted octanol–water partition coefficient (Wildman–Crippen LogP) is 2.38. The van der Waals surface area contributed by atoms with Crippen LogP contribution in [-0.4, -0.2) is 11.5 Å². The maximum absolute atomic E-state index is 4.42. The first-order chi connectivity index (χ1) is 5.77. The number of hydrogen-bond donors (Lipinski definition) is 1. The van der Waals surface area contributed by atoms with Crippen molar-refractivity contribution in [1.82, 2.24) is 4.98 Å². The molecular weight excluding hydrogens is 148 g/mol. The van der Waals surface area contributed by atoms with Crippen LogP contribution in [0.25, 0.3) is 0 Å². The SMILES string of the molecule is CCNc1nc(C)ccc1CC. The van der Waals surface area contributed by atoms with E-state index in [0.29, 0.717) is 0 Å². The molecule has 2 nitrogen and oxygen atoms in total. The van der Waals surface area contributed by atoms with Crippen LogP contribution in [0.15, 0.2) is 12.1 Å². The van der Waals surface area contributed by atoms with Crippen LogP contribution in [-0.2, 0) is 6.42 Å². The van der Waals surface area contributed by atoms with Gasteiger partial charge in [0.25, 0.3) is 0 Å². The molecule has 0 atom stereocenters. The molecule has 0 aliphatic rings. The van der Waals surface area contributed by atoms with Crippen molar-refractivity contribution >= 4 is 5.82 Å². The van der Waals surface area contributed by atoms with Gasteiger partial charge in [0.05, 0.1) is 0 Å². The van der Waals surface area contributed by atoms with Crippen molar-refractivity contribution in [3.63, 3.8) is 0 Å². The van der Waals surface area contributed by atoms with E-state index < -0.39 is 0 Å². The Labute approximate surface area is 74.0 Å². The van der Waals surface area contributed by atoms with Gasteiger partial charge in [-0.15, -0.1) is 0 Å². The summed E-state index contributed by atoms with van der Waals surface area (Å²) in [5, 5.41) is 3.26. The van der Waals surface area contributed by atoms with Crippen molar-refractivity contribution in [1.29, 1.82) is 0 Å². The van der Waals surface area contributed by atoms with Crippen LogP contribution in [0.5, 0.6) is 0 Å². The molecule has 1 rings (SSSR count). The molecule has 0 aliphatic carbocycles. The number of hydrogen-bond acceptors (Lipinski definition) is 2. The summed E-state index contributed by atoms with van der Waals surface area (Å²) in [6.45, 7) is 7.18. The van der Waals surface area contributed by atoms with Crippen LogP contribution in [0, 0.1) is 6.92 Å². The number of nitrogens with one attached hydrogen (secondary N) is 1. The first kappa shape index (κ1) is 9.04. The van der Waals surface area contributed by atoms with Crippen LogP contribution in [0.1, 0.15) is 25.1 Å². The van der Waals surface area contributed by atoms with E-state index >= 15 is 0 Å². The third-order valence-electron chi connectivity index (χ3n) is 1.84. The van der Waals surface area contributed by atoms with Gasteiger partial charge in [0.15, 0.2) is 0 Å². The zero-order valence-electron chi connectivity index (χ0n) is 8.02. The molecule has 0 bridgehead atoms. The van der Waals surface area contributed by atoms with Gasteiger partial charge in [0, 0.05) is 12.2 Å². The Hall–Kier alpha value is -1.05. The van der Waals surface area contributed by atoms with Gasteiger partial charge in [-0.1, -0.05) is 13.0 Å². The third kappa shape index (κ3) is 1.97. The zero-order valence-corrected chi connectivity index (χ0v) is 8.02. The average molecular weight is 164 g/mol. The lowest BCUT2D eigenvalue weighted by Crippen LogP contribution is -2.03. The number of rotatable bonds is 3. The molecule has 0 amide bonds. The summed E-state index contributed by atoms with van der Waals surface area (Å²) >= 11 is 0. The van der Waals surface area contributed by atoms with E-state index in [1.165, 1.54) is 5.56 Å². The second-order valence-electron chi connectivity index (χ2n) is 2.84. The van der Waals surface area contributed by atoms with Gasteiger partial charge < -0.3 is 5.32 Å². The van der Waals surface area contributed by atoms with Gasteiger partial charge >= 0.3 is 0 Å². The summed E-state index contributed by atoms with van der Waals surface area (Å²) in [6.07, 6.45) is 1.04. The molecule has 66 valence electrons. The minimum absolute atomic E-state index is 0.934. The molecule has 0 aromatic carbocycles. The molecule has 12 heavy (non-hydrogen) atoms. The molecule has 1 aromatic heterocycles. The molecule has 2 heteroatoms. The Kier molecular flexibility index (Phi) is 3.09. The fourth-order valence-electron chi connectivity index (χ4n) is 1.19. The van der Waals surface area contributed by atoms with Gasteiger partial charge in [0.2, 0.25) is 0 Å². The maximum atomic E-state index is 4.42. The first-order valence-corrected chi connectivity index (χ1v) is 4.48. The Balaban J connectivity index is 2.95. The molecule has 1 heterocycles. The average Bonchev–Trinajstić information content (AvgIpc) is 2.05. The van der Waals surface area contributed by atoms with Crippen molar-refractivity contribution in [3.05, 3.63) is 23.4 Å². The third-order valence-corrected chi connectivity index (χ3v) is 1.84. The summed E-state index contributed by atoms with van der Waals surface area (Å²) in [6, 6.07) is 4.19. The Morgan fingerprint density at radius 1 is 1.33 bits per heavy atom. The highest BCUT2D eigenvalue weighted by Gasteiger charge is 1.99. The summed E-state index contributed by atoms with van der Waals surface area (Å²) < 4.78 is 0. The Morgan fingerprint density at radius 3 is 2.67 bits per heavy atom. The van der Waals surface area contributed by atoms with E-state index in [-0.39, 0.29) is 0 Å². The van der Waals surface area contributed by atoms with Crippen molar-refractivity contribution in [3.8, 4) is 0 Å². The number of anilines is 1. The molecule has 0 unspecified atom stereocenters. The number of pyridine rings is 1. The molecule has 0 saturated heterocycles. The smallest absolute Gasteiger partial charge is 0.129 e. The summed E-state index contributed by atoms with van der Waals surface area (Å²) in [7, 11) is 0. The fourth-order valence-corrected chi connectivity index (χ4v) is 1.19.